The van der Waals surface area contributed by atoms with Gasteiger partial charge in [-0.1, -0.05) is 61.0 Å². The van der Waals surface area contributed by atoms with Crippen molar-refractivity contribution in [3.8, 4) is 11.3 Å². The summed E-state index contributed by atoms with van der Waals surface area (Å²) in [6, 6.07) is 20.3. The number of carbonyl (C=O) groups is 1. The van der Waals surface area contributed by atoms with Crippen molar-refractivity contribution >= 4 is 33.7 Å². The molecule has 3 aromatic carbocycles. The molecule has 6 heteroatoms. The third kappa shape index (κ3) is 3.33. The number of para-hydroxylation sites is 1. The van der Waals surface area contributed by atoms with E-state index in [2.05, 4.69) is 63.6 Å². The van der Waals surface area contributed by atoms with Crippen LogP contribution in [-0.2, 0) is 0 Å². The minimum absolute atomic E-state index is 0.0377. The number of hydrogen-bond donors (Lipinski definition) is 1. The summed E-state index contributed by atoms with van der Waals surface area (Å²) in [6.45, 7) is 6.61. The largest absolute Gasteiger partial charge is 0.384 e. The Morgan fingerprint density at radius 1 is 0.941 bits per heavy atom. The SMILES string of the molecule is CCCCNc1cc(N2CCN(c3ccccc3)CC2)c2noc3c2c1C(=O)c1ccccc1-3. The van der Waals surface area contributed by atoms with E-state index in [0.29, 0.717) is 16.9 Å². The summed E-state index contributed by atoms with van der Waals surface area (Å²) in [4.78, 5) is 18.4. The van der Waals surface area contributed by atoms with Crippen LogP contribution in [0.1, 0.15) is 35.7 Å². The van der Waals surface area contributed by atoms with Gasteiger partial charge >= 0.3 is 0 Å². The van der Waals surface area contributed by atoms with E-state index < -0.39 is 0 Å². The fourth-order valence-corrected chi connectivity index (χ4v) is 5.17. The highest BCUT2D eigenvalue weighted by atomic mass is 16.5. The first-order chi connectivity index (χ1) is 16.8. The summed E-state index contributed by atoms with van der Waals surface area (Å²) in [7, 11) is 0. The second-order valence-corrected chi connectivity index (χ2v) is 9.02. The predicted octanol–water partition coefficient (Wildman–Crippen LogP) is 5.58. The average Bonchev–Trinajstić information content (AvgIpc) is 3.34. The van der Waals surface area contributed by atoms with Gasteiger partial charge < -0.3 is 19.6 Å². The molecule has 2 heterocycles. The van der Waals surface area contributed by atoms with Gasteiger partial charge in [-0.15, -0.1) is 0 Å². The van der Waals surface area contributed by atoms with Gasteiger partial charge in [-0.25, -0.2) is 0 Å². The second-order valence-electron chi connectivity index (χ2n) is 9.02. The Balaban J connectivity index is 1.42. The quantitative estimate of drug-likeness (QED) is 0.340. The van der Waals surface area contributed by atoms with Crippen LogP contribution < -0.4 is 15.1 Å². The molecular formula is C28H28N4O2. The summed E-state index contributed by atoms with van der Waals surface area (Å²) in [5.41, 5.74) is 6.14. The summed E-state index contributed by atoms with van der Waals surface area (Å²) in [5, 5.41) is 8.90. The lowest BCUT2D eigenvalue weighted by molar-refractivity contribution is 0.104. The standard InChI is InChI=1S/C28H28N4O2/c1-2-3-13-29-22-18-23(32-16-14-31(15-17-32)19-9-5-4-6-10-19)26-25-24(22)27(33)20-11-7-8-12-21(20)28(25)34-30-26/h4-12,18,29H,2-3,13-17H2,1H3. The normalized spacial score (nSPS) is 15.0. The van der Waals surface area contributed by atoms with Gasteiger partial charge in [0.1, 0.15) is 5.52 Å². The number of nitrogens with one attached hydrogen (secondary N) is 1. The van der Waals surface area contributed by atoms with E-state index in [4.69, 9.17) is 4.52 Å². The molecule has 0 unspecified atom stereocenters. The zero-order valence-electron chi connectivity index (χ0n) is 19.4. The lowest BCUT2D eigenvalue weighted by atomic mass is 9.86. The van der Waals surface area contributed by atoms with Crippen LogP contribution in [0.3, 0.4) is 0 Å². The van der Waals surface area contributed by atoms with Crippen molar-refractivity contribution in [2.45, 2.75) is 19.8 Å². The molecule has 6 nitrogen and oxygen atoms in total. The number of unbranched alkanes of at least 4 members (excludes halogenated alkanes) is 1. The number of ketones is 1. The van der Waals surface area contributed by atoms with Gasteiger partial charge in [0.15, 0.2) is 11.5 Å². The second kappa shape index (κ2) is 8.52. The fraction of sp³-hybridized carbons (Fsp3) is 0.286. The van der Waals surface area contributed by atoms with E-state index in [1.807, 2.05) is 24.3 Å². The molecule has 4 aromatic rings. The van der Waals surface area contributed by atoms with Gasteiger partial charge in [0.25, 0.3) is 0 Å². The highest BCUT2D eigenvalue weighted by Crippen LogP contribution is 2.45. The molecule has 1 aliphatic heterocycles. The molecule has 0 saturated carbocycles. The van der Waals surface area contributed by atoms with Crippen LogP contribution in [0.5, 0.6) is 0 Å². The summed E-state index contributed by atoms with van der Waals surface area (Å²) in [5.74, 6) is 0.735. The smallest absolute Gasteiger partial charge is 0.196 e. The van der Waals surface area contributed by atoms with E-state index in [1.54, 1.807) is 0 Å². The van der Waals surface area contributed by atoms with Gasteiger partial charge in [-0.05, 0) is 24.6 Å². The van der Waals surface area contributed by atoms with Crippen molar-refractivity contribution in [3.05, 3.63) is 71.8 Å². The number of fused-ring (bicyclic) bond motifs is 2. The number of benzene rings is 3. The maximum absolute atomic E-state index is 13.6. The van der Waals surface area contributed by atoms with Crippen molar-refractivity contribution in [1.29, 1.82) is 0 Å². The Bertz CT molecular complexity index is 1350. The lowest BCUT2D eigenvalue weighted by Gasteiger charge is -2.37. The molecule has 0 atom stereocenters. The Hall–Kier alpha value is -3.80. The highest BCUT2D eigenvalue weighted by Gasteiger charge is 2.34. The van der Waals surface area contributed by atoms with Gasteiger partial charge in [0.2, 0.25) is 0 Å². The Morgan fingerprint density at radius 3 is 2.41 bits per heavy atom. The van der Waals surface area contributed by atoms with Crippen LogP contribution in [0.25, 0.3) is 22.2 Å². The van der Waals surface area contributed by atoms with Crippen LogP contribution in [-0.4, -0.2) is 43.7 Å². The Labute approximate surface area is 199 Å². The van der Waals surface area contributed by atoms with Crippen LogP contribution >= 0.6 is 0 Å². The first-order valence-electron chi connectivity index (χ1n) is 12.2. The Kier molecular flexibility index (Phi) is 5.21. The van der Waals surface area contributed by atoms with Crippen molar-refractivity contribution in [2.24, 2.45) is 0 Å². The number of rotatable bonds is 6. The maximum atomic E-state index is 13.6. The number of nitrogens with zero attached hydrogens (tertiary/aromatic N) is 3. The zero-order valence-corrected chi connectivity index (χ0v) is 19.4. The molecule has 0 amide bonds. The number of carbonyl (C=O) groups excluding carboxylic acids is 1. The van der Waals surface area contributed by atoms with E-state index in [0.717, 1.165) is 73.4 Å². The molecule has 1 aliphatic carbocycles. The third-order valence-corrected chi connectivity index (χ3v) is 6.97. The summed E-state index contributed by atoms with van der Waals surface area (Å²) >= 11 is 0. The summed E-state index contributed by atoms with van der Waals surface area (Å²) in [6.07, 6.45) is 2.14. The number of hydrogen-bond acceptors (Lipinski definition) is 6. The van der Waals surface area contributed by atoms with Crippen LogP contribution in [0.2, 0.25) is 0 Å². The zero-order chi connectivity index (χ0) is 23.1. The van der Waals surface area contributed by atoms with Crippen LogP contribution in [0, 0.1) is 0 Å². The van der Waals surface area contributed by atoms with E-state index in [9.17, 15) is 4.79 Å². The molecule has 6 rings (SSSR count). The van der Waals surface area contributed by atoms with E-state index in [1.165, 1.54) is 5.69 Å². The monoisotopic (exact) mass is 452 g/mol. The molecule has 2 aliphatic rings. The van der Waals surface area contributed by atoms with Gasteiger partial charge in [-0.2, -0.15) is 0 Å². The van der Waals surface area contributed by atoms with Crippen molar-refractivity contribution < 1.29 is 9.32 Å². The van der Waals surface area contributed by atoms with Gasteiger partial charge in [0, 0.05) is 55.2 Å². The van der Waals surface area contributed by atoms with Gasteiger partial charge in [-0.3, -0.25) is 4.79 Å². The first kappa shape index (κ1) is 20.8. The molecule has 0 bridgehead atoms. The summed E-state index contributed by atoms with van der Waals surface area (Å²) < 4.78 is 5.91. The van der Waals surface area contributed by atoms with Crippen molar-refractivity contribution in [1.82, 2.24) is 5.16 Å². The first-order valence-corrected chi connectivity index (χ1v) is 12.2. The topological polar surface area (TPSA) is 61.6 Å². The minimum Gasteiger partial charge on any atom is -0.384 e. The van der Waals surface area contributed by atoms with Crippen molar-refractivity contribution in [2.75, 3.05) is 47.8 Å². The van der Waals surface area contributed by atoms with Crippen LogP contribution in [0.15, 0.2) is 65.2 Å². The minimum atomic E-state index is 0.0377. The molecular weight excluding hydrogens is 424 g/mol. The maximum Gasteiger partial charge on any atom is 0.196 e. The third-order valence-electron chi connectivity index (χ3n) is 6.97. The molecule has 1 N–H and O–H groups in total. The molecule has 1 aromatic heterocycles. The van der Waals surface area contributed by atoms with Crippen molar-refractivity contribution in [3.63, 3.8) is 0 Å². The molecule has 34 heavy (non-hydrogen) atoms. The highest BCUT2D eigenvalue weighted by molar-refractivity contribution is 6.28. The molecule has 0 radical (unpaired) electrons. The van der Waals surface area contributed by atoms with Crippen LogP contribution in [0.4, 0.5) is 17.1 Å². The van der Waals surface area contributed by atoms with Gasteiger partial charge in [0.05, 0.1) is 16.6 Å². The Morgan fingerprint density at radius 2 is 1.65 bits per heavy atom. The number of anilines is 3. The fourth-order valence-electron chi connectivity index (χ4n) is 5.17. The molecule has 1 saturated heterocycles. The average molecular weight is 453 g/mol. The predicted molar refractivity (Wildman–Crippen MR) is 137 cm³/mol. The molecule has 172 valence electrons. The van der Waals surface area contributed by atoms with E-state index >= 15 is 0 Å². The number of piperazine rings is 1. The molecule has 0 spiro atoms. The lowest BCUT2D eigenvalue weighted by Crippen LogP contribution is -2.46. The van der Waals surface area contributed by atoms with E-state index in [-0.39, 0.29) is 5.78 Å². The molecule has 1 fully saturated rings. The number of aromatic nitrogens is 1.